The summed E-state index contributed by atoms with van der Waals surface area (Å²) < 4.78 is 20.0. The number of esters is 1. The highest BCUT2D eigenvalue weighted by Gasteiger charge is 2.23. The van der Waals surface area contributed by atoms with Crippen molar-refractivity contribution in [3.05, 3.63) is 87.6 Å². The van der Waals surface area contributed by atoms with E-state index in [1.807, 2.05) is 31.2 Å². The van der Waals surface area contributed by atoms with Crippen molar-refractivity contribution < 1.29 is 18.7 Å². The molecule has 0 fully saturated rings. The van der Waals surface area contributed by atoms with E-state index in [1.54, 1.807) is 13.0 Å². The Balaban J connectivity index is 1.88. The quantitative estimate of drug-likeness (QED) is 0.585. The fourth-order valence-corrected chi connectivity index (χ4v) is 3.16. The molecule has 0 saturated carbocycles. The summed E-state index contributed by atoms with van der Waals surface area (Å²) in [6.45, 7) is 3.80. The van der Waals surface area contributed by atoms with E-state index in [2.05, 4.69) is 10.4 Å². The van der Waals surface area contributed by atoms with Gasteiger partial charge in [-0.05, 0) is 37.1 Å². The molecule has 0 bridgehead atoms. The molecule has 30 heavy (non-hydrogen) atoms. The highest BCUT2D eigenvalue weighted by atomic mass is 19.1. The maximum absolute atomic E-state index is 14.0. The summed E-state index contributed by atoms with van der Waals surface area (Å²) in [7, 11) is 0. The minimum atomic E-state index is -0.655. The second-order valence-corrected chi connectivity index (χ2v) is 6.69. The molecule has 0 radical (unpaired) electrons. The third-order valence-electron chi connectivity index (χ3n) is 4.60. The van der Waals surface area contributed by atoms with Crippen LogP contribution < -0.4 is 10.9 Å². The van der Waals surface area contributed by atoms with Crippen LogP contribution in [0.3, 0.4) is 0 Å². The van der Waals surface area contributed by atoms with Gasteiger partial charge in [0.05, 0.1) is 19.1 Å². The predicted octanol–water partition coefficient (Wildman–Crippen LogP) is 3.04. The van der Waals surface area contributed by atoms with Crippen molar-refractivity contribution in [1.29, 1.82) is 0 Å². The summed E-state index contributed by atoms with van der Waals surface area (Å²) in [4.78, 5) is 37.2. The van der Waals surface area contributed by atoms with Gasteiger partial charge in [-0.15, -0.1) is 0 Å². The lowest BCUT2D eigenvalue weighted by molar-refractivity contribution is -0.143. The normalized spacial score (nSPS) is 11.7. The summed E-state index contributed by atoms with van der Waals surface area (Å²) >= 11 is 0. The topological polar surface area (TPSA) is 93.2 Å². The molecule has 156 valence electrons. The Bertz CT molecular complexity index is 1120. The lowest BCUT2D eigenvalue weighted by Gasteiger charge is -2.20. The fraction of sp³-hybridized carbons (Fsp3) is 0.227. The molecule has 7 nitrogen and oxygen atoms in total. The summed E-state index contributed by atoms with van der Waals surface area (Å²) in [5, 5.41) is 5.39. The van der Waals surface area contributed by atoms with E-state index in [0.29, 0.717) is 0 Å². The molecule has 1 unspecified atom stereocenters. The molecule has 0 aliphatic heterocycles. The Morgan fingerprint density at radius 3 is 2.57 bits per heavy atom. The maximum atomic E-state index is 14.0. The molecule has 0 spiro atoms. The van der Waals surface area contributed by atoms with Crippen LogP contribution in [0.15, 0.2) is 59.4 Å². The molecule has 0 aliphatic rings. The number of ether oxygens (including phenoxy) is 1. The van der Waals surface area contributed by atoms with E-state index in [0.717, 1.165) is 21.9 Å². The second-order valence-electron chi connectivity index (χ2n) is 6.69. The minimum absolute atomic E-state index is 0.00327. The van der Waals surface area contributed by atoms with Crippen LogP contribution in [0.25, 0.3) is 5.69 Å². The predicted molar refractivity (Wildman–Crippen MR) is 109 cm³/mol. The third-order valence-corrected chi connectivity index (χ3v) is 4.60. The molecule has 2 aromatic carbocycles. The third kappa shape index (κ3) is 4.65. The Hall–Kier alpha value is -3.68. The van der Waals surface area contributed by atoms with Gasteiger partial charge >= 0.3 is 5.97 Å². The first-order valence-electron chi connectivity index (χ1n) is 9.49. The molecule has 1 heterocycles. The molecule has 3 rings (SSSR count). The van der Waals surface area contributed by atoms with E-state index >= 15 is 0 Å². The number of amides is 1. The van der Waals surface area contributed by atoms with Gasteiger partial charge in [-0.1, -0.05) is 36.4 Å². The van der Waals surface area contributed by atoms with Crippen molar-refractivity contribution in [3.63, 3.8) is 0 Å². The van der Waals surface area contributed by atoms with Crippen LogP contribution >= 0.6 is 0 Å². The van der Waals surface area contributed by atoms with Crippen molar-refractivity contribution in [3.8, 4) is 5.69 Å². The first-order valence-corrected chi connectivity index (χ1v) is 9.49. The van der Waals surface area contributed by atoms with Crippen molar-refractivity contribution >= 4 is 11.9 Å². The summed E-state index contributed by atoms with van der Waals surface area (Å²) in [6, 6.07) is 13.5. The van der Waals surface area contributed by atoms with E-state index in [1.165, 1.54) is 18.2 Å². The van der Waals surface area contributed by atoms with Crippen LogP contribution in [0.4, 0.5) is 4.39 Å². The van der Waals surface area contributed by atoms with Crippen LogP contribution in [0.5, 0.6) is 0 Å². The standard InChI is InChI=1S/C22H22FN3O4/c1-3-30-21(28)13-17(15-9-5-4-8-14(15)2)24-22(29)18-12-20(27)26(25-18)19-11-7-6-10-16(19)23/h4-12,17,25H,3,13H2,1-2H3,(H,24,29). The maximum Gasteiger partial charge on any atom is 0.308 e. The molecule has 8 heteroatoms. The summed E-state index contributed by atoms with van der Waals surface area (Å²) in [6.07, 6.45) is -0.0668. The number of nitrogens with one attached hydrogen (secondary N) is 2. The number of hydrogen-bond acceptors (Lipinski definition) is 4. The number of H-pyrrole nitrogens is 1. The Morgan fingerprint density at radius 2 is 1.87 bits per heavy atom. The monoisotopic (exact) mass is 411 g/mol. The van der Waals surface area contributed by atoms with Crippen LogP contribution in [-0.4, -0.2) is 28.3 Å². The number of rotatable bonds is 7. The zero-order chi connectivity index (χ0) is 21.7. The highest BCUT2D eigenvalue weighted by Crippen LogP contribution is 2.22. The molecule has 1 atom stereocenters. The number of benzene rings is 2. The molecule has 1 aromatic heterocycles. The highest BCUT2D eigenvalue weighted by molar-refractivity contribution is 5.92. The number of para-hydroxylation sites is 1. The average molecular weight is 411 g/mol. The molecule has 2 N–H and O–H groups in total. The smallest absolute Gasteiger partial charge is 0.308 e. The van der Waals surface area contributed by atoms with Crippen LogP contribution in [0.2, 0.25) is 0 Å². The van der Waals surface area contributed by atoms with Gasteiger partial charge in [0.1, 0.15) is 17.2 Å². The summed E-state index contributed by atoms with van der Waals surface area (Å²) in [5.41, 5.74) is 1.02. The van der Waals surface area contributed by atoms with Gasteiger partial charge in [0.2, 0.25) is 0 Å². The van der Waals surface area contributed by atoms with Crippen LogP contribution in [0.1, 0.15) is 41.0 Å². The number of aromatic nitrogens is 2. The molecule has 1 amide bonds. The van der Waals surface area contributed by atoms with Gasteiger partial charge in [-0.25, -0.2) is 9.07 Å². The number of nitrogens with zero attached hydrogens (tertiary/aromatic N) is 1. The number of hydrogen-bond donors (Lipinski definition) is 2. The van der Waals surface area contributed by atoms with E-state index in [4.69, 9.17) is 4.74 Å². The van der Waals surface area contributed by atoms with Crippen LogP contribution in [0, 0.1) is 12.7 Å². The average Bonchev–Trinajstić information content (AvgIpc) is 3.10. The number of halogens is 1. The first-order chi connectivity index (χ1) is 14.4. The van der Waals surface area contributed by atoms with Gasteiger partial charge < -0.3 is 10.1 Å². The number of carbonyl (C=O) groups is 2. The van der Waals surface area contributed by atoms with Gasteiger partial charge in [0.25, 0.3) is 11.5 Å². The number of carbonyl (C=O) groups excluding carboxylic acids is 2. The fourth-order valence-electron chi connectivity index (χ4n) is 3.16. The Morgan fingerprint density at radius 1 is 1.17 bits per heavy atom. The van der Waals surface area contributed by atoms with Gasteiger partial charge in [-0.3, -0.25) is 19.5 Å². The van der Waals surface area contributed by atoms with Crippen molar-refractivity contribution in [2.75, 3.05) is 6.61 Å². The zero-order valence-corrected chi connectivity index (χ0v) is 16.6. The van der Waals surface area contributed by atoms with Crippen molar-refractivity contribution in [2.24, 2.45) is 0 Å². The summed E-state index contributed by atoms with van der Waals surface area (Å²) in [5.74, 6) is -1.66. The Kier molecular flexibility index (Phi) is 6.46. The number of aryl methyl sites for hydroxylation is 1. The molecule has 0 saturated heterocycles. The number of aromatic amines is 1. The van der Waals surface area contributed by atoms with E-state index in [9.17, 15) is 18.8 Å². The second kappa shape index (κ2) is 9.21. The molecular formula is C22H22FN3O4. The minimum Gasteiger partial charge on any atom is -0.466 e. The molecule has 3 aromatic rings. The van der Waals surface area contributed by atoms with Crippen LogP contribution in [-0.2, 0) is 9.53 Å². The van der Waals surface area contributed by atoms with E-state index in [-0.39, 0.29) is 24.4 Å². The van der Waals surface area contributed by atoms with E-state index < -0.39 is 29.3 Å². The lowest BCUT2D eigenvalue weighted by Crippen LogP contribution is -2.31. The van der Waals surface area contributed by atoms with Crippen molar-refractivity contribution in [1.82, 2.24) is 15.1 Å². The van der Waals surface area contributed by atoms with Gasteiger partial charge in [-0.2, -0.15) is 0 Å². The largest absolute Gasteiger partial charge is 0.466 e. The molecule has 0 aliphatic carbocycles. The molecular weight excluding hydrogens is 389 g/mol. The van der Waals surface area contributed by atoms with Gasteiger partial charge in [0.15, 0.2) is 0 Å². The Labute approximate surface area is 172 Å². The van der Waals surface area contributed by atoms with Gasteiger partial charge in [0, 0.05) is 6.07 Å². The zero-order valence-electron chi connectivity index (χ0n) is 16.6. The van der Waals surface area contributed by atoms with Crippen molar-refractivity contribution in [2.45, 2.75) is 26.3 Å². The lowest BCUT2D eigenvalue weighted by atomic mass is 9.98. The SMILES string of the molecule is CCOC(=O)CC(NC(=O)c1cc(=O)n(-c2ccccc2F)[nH]1)c1ccccc1C. The first kappa shape index (κ1) is 21.0.